The topological polar surface area (TPSA) is 17.1 Å². The van der Waals surface area contributed by atoms with E-state index in [1.54, 1.807) is 0 Å². The summed E-state index contributed by atoms with van der Waals surface area (Å²) in [6.45, 7) is 2.09. The molecule has 0 aromatic heterocycles. The predicted molar refractivity (Wildman–Crippen MR) is 71.1 cm³/mol. The Labute approximate surface area is 98.6 Å². The van der Waals surface area contributed by atoms with Crippen molar-refractivity contribution in [2.24, 2.45) is 0 Å². The van der Waals surface area contributed by atoms with Crippen LogP contribution in [-0.4, -0.2) is 11.8 Å². The number of rotatable bonds is 3. The maximum absolute atomic E-state index is 13.1. The van der Waals surface area contributed by atoms with Gasteiger partial charge in [0.05, 0.1) is 0 Å². The summed E-state index contributed by atoms with van der Waals surface area (Å²) in [6, 6.07) is 10.1. The van der Waals surface area contributed by atoms with Crippen molar-refractivity contribution >= 4 is 12.4 Å². The third kappa shape index (κ3) is 2.25. The van der Waals surface area contributed by atoms with E-state index in [9.17, 15) is 4.57 Å². The van der Waals surface area contributed by atoms with Gasteiger partial charge in [-0.25, -0.2) is 0 Å². The van der Waals surface area contributed by atoms with Crippen LogP contribution in [0, 0.1) is 0 Å². The molecule has 88 valence electrons. The minimum atomic E-state index is -2.13. The van der Waals surface area contributed by atoms with Crippen molar-refractivity contribution < 1.29 is 4.57 Å². The van der Waals surface area contributed by atoms with Gasteiger partial charge in [0.15, 0.2) is 0 Å². The molecule has 0 heterocycles. The van der Waals surface area contributed by atoms with E-state index in [0.29, 0.717) is 5.66 Å². The van der Waals surface area contributed by atoms with E-state index >= 15 is 0 Å². The van der Waals surface area contributed by atoms with Gasteiger partial charge in [-0.2, -0.15) is 0 Å². The van der Waals surface area contributed by atoms with Crippen molar-refractivity contribution in [3.8, 4) is 0 Å². The van der Waals surface area contributed by atoms with Crippen LogP contribution in [-0.2, 0) is 4.57 Å². The molecule has 1 aromatic carbocycles. The monoisotopic (exact) mass is 236 g/mol. The average molecular weight is 236 g/mol. The molecule has 2 rings (SSSR count). The molecule has 0 bridgehead atoms. The molecule has 1 fully saturated rings. The summed E-state index contributed by atoms with van der Waals surface area (Å²) in [5, 5.41) is 1.10. The average Bonchev–Trinajstić information content (AvgIpc) is 2.40. The predicted octanol–water partition coefficient (Wildman–Crippen LogP) is 4.03. The summed E-state index contributed by atoms with van der Waals surface area (Å²) in [7, 11) is -2.13. The lowest BCUT2D eigenvalue weighted by Gasteiger charge is -2.30. The highest BCUT2D eigenvalue weighted by Crippen LogP contribution is 2.54. The Balaban J connectivity index is 2.28. The molecule has 1 atom stereocenters. The standard InChI is InChI=1S/C14H21OP/c1-2-16(15,13-9-5-3-6-10-13)14-11-7-4-8-12-14/h3,5-6,9-10,14H,2,4,7-8,11-12H2,1H3. The Morgan fingerprint density at radius 3 is 2.31 bits per heavy atom. The Kier molecular flexibility index (Phi) is 3.86. The lowest BCUT2D eigenvalue weighted by molar-refractivity contribution is 0.487. The summed E-state index contributed by atoms with van der Waals surface area (Å²) in [5.74, 6) is 0. The van der Waals surface area contributed by atoms with Crippen LogP contribution in [0.5, 0.6) is 0 Å². The molecule has 1 aromatic rings. The van der Waals surface area contributed by atoms with Gasteiger partial charge in [-0.05, 0) is 12.8 Å². The smallest absolute Gasteiger partial charge is 0.118 e. The minimum Gasteiger partial charge on any atom is -0.318 e. The molecule has 1 unspecified atom stereocenters. The Hall–Kier alpha value is -0.550. The van der Waals surface area contributed by atoms with Gasteiger partial charge in [0.2, 0.25) is 0 Å². The first-order chi connectivity index (χ1) is 7.77. The summed E-state index contributed by atoms with van der Waals surface area (Å²) in [4.78, 5) is 0. The van der Waals surface area contributed by atoms with Crippen molar-refractivity contribution in [3.05, 3.63) is 30.3 Å². The molecule has 0 aliphatic heterocycles. The van der Waals surface area contributed by atoms with Gasteiger partial charge in [-0.3, -0.25) is 0 Å². The highest BCUT2D eigenvalue weighted by Gasteiger charge is 2.33. The van der Waals surface area contributed by atoms with E-state index in [1.807, 2.05) is 18.2 Å². The quantitative estimate of drug-likeness (QED) is 0.724. The fourth-order valence-electron chi connectivity index (χ4n) is 2.83. The molecule has 0 N–H and O–H groups in total. The Bertz CT molecular complexity index is 366. The number of hydrogen-bond acceptors (Lipinski definition) is 1. The Morgan fingerprint density at radius 2 is 1.75 bits per heavy atom. The van der Waals surface area contributed by atoms with Gasteiger partial charge in [0.1, 0.15) is 7.14 Å². The maximum Gasteiger partial charge on any atom is 0.118 e. The molecule has 0 amide bonds. The van der Waals surface area contributed by atoms with Gasteiger partial charge in [-0.1, -0.05) is 56.5 Å². The second kappa shape index (κ2) is 5.19. The highest BCUT2D eigenvalue weighted by atomic mass is 31.2. The maximum atomic E-state index is 13.1. The fraction of sp³-hybridized carbons (Fsp3) is 0.571. The van der Waals surface area contributed by atoms with Gasteiger partial charge in [0, 0.05) is 17.1 Å². The summed E-state index contributed by atoms with van der Waals surface area (Å²) in [5.41, 5.74) is 0.452. The van der Waals surface area contributed by atoms with Crippen molar-refractivity contribution in [2.45, 2.75) is 44.7 Å². The van der Waals surface area contributed by atoms with E-state index in [4.69, 9.17) is 0 Å². The molecule has 0 spiro atoms. The van der Waals surface area contributed by atoms with Crippen LogP contribution in [0.2, 0.25) is 0 Å². The number of benzene rings is 1. The van der Waals surface area contributed by atoms with E-state index < -0.39 is 7.14 Å². The van der Waals surface area contributed by atoms with Gasteiger partial charge in [-0.15, -0.1) is 0 Å². The molecule has 2 heteroatoms. The first-order valence-electron chi connectivity index (χ1n) is 6.41. The van der Waals surface area contributed by atoms with Crippen molar-refractivity contribution in [2.75, 3.05) is 6.16 Å². The molecule has 1 saturated carbocycles. The zero-order valence-electron chi connectivity index (χ0n) is 10.1. The molecule has 1 nitrogen and oxygen atoms in total. The highest BCUT2D eigenvalue weighted by molar-refractivity contribution is 7.72. The van der Waals surface area contributed by atoms with Crippen molar-refractivity contribution in [1.82, 2.24) is 0 Å². The first kappa shape index (κ1) is 11.9. The number of hydrogen-bond donors (Lipinski definition) is 0. The molecule has 1 aliphatic carbocycles. The van der Waals surface area contributed by atoms with Gasteiger partial charge >= 0.3 is 0 Å². The van der Waals surface area contributed by atoms with Crippen LogP contribution >= 0.6 is 7.14 Å². The SMILES string of the molecule is CCP(=O)(c1ccccc1)C1CCCCC1. The molecule has 1 aliphatic rings. The van der Waals surface area contributed by atoms with E-state index in [0.717, 1.165) is 11.5 Å². The van der Waals surface area contributed by atoms with Crippen LogP contribution < -0.4 is 5.30 Å². The second-order valence-corrected chi connectivity index (χ2v) is 8.21. The third-order valence-electron chi connectivity index (χ3n) is 3.83. The minimum absolute atomic E-state index is 0.452. The van der Waals surface area contributed by atoms with Gasteiger partial charge < -0.3 is 4.57 Å². The van der Waals surface area contributed by atoms with E-state index in [2.05, 4.69) is 19.1 Å². The second-order valence-electron chi connectivity index (χ2n) is 4.74. The summed E-state index contributed by atoms with van der Waals surface area (Å²) in [6.07, 6.45) is 7.01. The lowest BCUT2D eigenvalue weighted by Crippen LogP contribution is -2.21. The first-order valence-corrected chi connectivity index (χ1v) is 8.38. The molecule has 16 heavy (non-hydrogen) atoms. The van der Waals surface area contributed by atoms with Crippen LogP contribution in [0.4, 0.5) is 0 Å². The van der Waals surface area contributed by atoms with Crippen LogP contribution in [0.15, 0.2) is 30.3 Å². The Morgan fingerprint density at radius 1 is 1.12 bits per heavy atom. The van der Waals surface area contributed by atoms with Crippen molar-refractivity contribution in [1.29, 1.82) is 0 Å². The molecule has 0 saturated heterocycles. The zero-order chi connectivity index (χ0) is 11.4. The third-order valence-corrected chi connectivity index (χ3v) is 7.64. The molecule has 0 radical (unpaired) electrons. The van der Waals surface area contributed by atoms with Crippen molar-refractivity contribution in [3.63, 3.8) is 0 Å². The summed E-state index contributed by atoms with van der Waals surface area (Å²) >= 11 is 0. The van der Waals surface area contributed by atoms with Crippen LogP contribution in [0.25, 0.3) is 0 Å². The van der Waals surface area contributed by atoms with Crippen LogP contribution in [0.3, 0.4) is 0 Å². The normalized spacial score (nSPS) is 21.6. The van der Waals surface area contributed by atoms with Crippen LogP contribution in [0.1, 0.15) is 39.0 Å². The molecular formula is C14H21OP. The summed E-state index contributed by atoms with van der Waals surface area (Å²) < 4.78 is 13.1. The molecular weight excluding hydrogens is 215 g/mol. The fourth-order valence-corrected chi connectivity index (χ4v) is 6.01. The van der Waals surface area contributed by atoms with E-state index in [-0.39, 0.29) is 0 Å². The van der Waals surface area contributed by atoms with Gasteiger partial charge in [0.25, 0.3) is 0 Å². The van der Waals surface area contributed by atoms with E-state index in [1.165, 1.54) is 32.1 Å². The zero-order valence-corrected chi connectivity index (χ0v) is 11.0. The lowest BCUT2D eigenvalue weighted by atomic mass is 10.0. The largest absolute Gasteiger partial charge is 0.318 e.